The topological polar surface area (TPSA) is 61.6 Å². The minimum absolute atomic E-state index is 0.0549. The van der Waals surface area contributed by atoms with E-state index in [0.29, 0.717) is 31.3 Å². The lowest BCUT2D eigenvalue weighted by Gasteiger charge is -2.08. The fourth-order valence-corrected chi connectivity index (χ4v) is 2.18. The van der Waals surface area contributed by atoms with Crippen LogP contribution in [0.25, 0.3) is 0 Å². The van der Waals surface area contributed by atoms with E-state index in [1.807, 2.05) is 6.92 Å². The molecule has 0 aromatic carbocycles. The van der Waals surface area contributed by atoms with Gasteiger partial charge in [0.1, 0.15) is 0 Å². The number of ether oxygens (including phenoxy) is 2. The number of rotatable bonds is 10. The second-order valence-electron chi connectivity index (χ2n) is 3.44. The van der Waals surface area contributed by atoms with E-state index in [1.165, 1.54) is 0 Å². The van der Waals surface area contributed by atoms with E-state index >= 15 is 0 Å². The molecule has 0 aromatic heterocycles. The van der Waals surface area contributed by atoms with Gasteiger partial charge in [0.15, 0.2) is 0 Å². The summed E-state index contributed by atoms with van der Waals surface area (Å²) in [6, 6.07) is 0.0549. The van der Waals surface area contributed by atoms with Crippen molar-refractivity contribution in [2.45, 2.75) is 25.8 Å². The van der Waals surface area contributed by atoms with Crippen LogP contribution in [0.15, 0.2) is 0 Å². The van der Waals surface area contributed by atoms with E-state index in [9.17, 15) is 4.21 Å². The molecule has 0 heterocycles. The molecule has 0 radical (unpaired) electrons. The van der Waals surface area contributed by atoms with Crippen molar-refractivity contribution in [1.82, 2.24) is 0 Å². The maximum atomic E-state index is 11.4. The zero-order chi connectivity index (χ0) is 11.5. The monoisotopic (exact) mass is 237 g/mol. The van der Waals surface area contributed by atoms with Crippen molar-refractivity contribution in [2.75, 3.05) is 38.4 Å². The Kier molecular flexibility index (Phi) is 10.6. The van der Waals surface area contributed by atoms with Gasteiger partial charge in [0.2, 0.25) is 0 Å². The Morgan fingerprint density at radius 3 is 2.67 bits per heavy atom. The summed E-state index contributed by atoms with van der Waals surface area (Å²) in [4.78, 5) is 0. The van der Waals surface area contributed by atoms with Gasteiger partial charge in [-0.15, -0.1) is 0 Å². The minimum Gasteiger partial charge on any atom is -0.385 e. The highest BCUT2D eigenvalue weighted by Crippen LogP contribution is 1.92. The summed E-state index contributed by atoms with van der Waals surface area (Å²) in [5, 5.41) is 0. The van der Waals surface area contributed by atoms with Crippen LogP contribution in [0.4, 0.5) is 0 Å². The van der Waals surface area contributed by atoms with Crippen LogP contribution in [0.1, 0.15) is 19.8 Å². The van der Waals surface area contributed by atoms with Gasteiger partial charge in [-0.1, -0.05) is 6.92 Å². The molecule has 0 saturated heterocycles. The molecular formula is C10H23NO3S. The van der Waals surface area contributed by atoms with Crippen molar-refractivity contribution < 1.29 is 13.7 Å². The highest BCUT2D eigenvalue weighted by Gasteiger charge is 2.05. The molecule has 5 heteroatoms. The predicted octanol–water partition coefficient (Wildman–Crippen LogP) is 0.526. The maximum absolute atomic E-state index is 11.4. The van der Waals surface area contributed by atoms with Crippen LogP contribution < -0.4 is 5.73 Å². The molecule has 0 aromatic rings. The van der Waals surface area contributed by atoms with Crippen molar-refractivity contribution in [2.24, 2.45) is 5.73 Å². The van der Waals surface area contributed by atoms with Gasteiger partial charge in [-0.05, 0) is 12.8 Å². The molecule has 2 N–H and O–H groups in total. The van der Waals surface area contributed by atoms with Crippen molar-refractivity contribution >= 4 is 10.8 Å². The van der Waals surface area contributed by atoms with E-state index in [0.717, 1.165) is 12.8 Å². The van der Waals surface area contributed by atoms with Crippen LogP contribution in [0.2, 0.25) is 0 Å². The average molecular weight is 237 g/mol. The molecule has 0 spiro atoms. The quantitative estimate of drug-likeness (QED) is 0.563. The van der Waals surface area contributed by atoms with Crippen molar-refractivity contribution in [3.8, 4) is 0 Å². The van der Waals surface area contributed by atoms with Gasteiger partial charge in [-0.2, -0.15) is 0 Å². The van der Waals surface area contributed by atoms with Crippen LogP contribution >= 0.6 is 0 Å². The van der Waals surface area contributed by atoms with Gasteiger partial charge in [-0.25, -0.2) is 0 Å². The molecule has 0 aliphatic heterocycles. The number of methoxy groups -OCH3 is 1. The molecule has 2 atom stereocenters. The standard InChI is InChI=1S/C10H23NO3S/c1-3-10(11)9-15(12)8-7-14-6-4-5-13-2/h10H,3-9,11H2,1-2H3. The Bertz CT molecular complexity index is 167. The van der Waals surface area contributed by atoms with Crippen molar-refractivity contribution in [3.05, 3.63) is 0 Å². The molecule has 0 aliphatic rings. The Balaban J connectivity index is 3.24. The van der Waals surface area contributed by atoms with Crippen molar-refractivity contribution in [1.29, 1.82) is 0 Å². The zero-order valence-electron chi connectivity index (χ0n) is 9.74. The Labute approximate surface area is 95.0 Å². The number of hydrogen-bond acceptors (Lipinski definition) is 4. The molecule has 0 rings (SSSR count). The number of hydrogen-bond donors (Lipinski definition) is 1. The summed E-state index contributed by atoms with van der Waals surface area (Å²) in [6.45, 7) is 3.94. The second kappa shape index (κ2) is 10.5. The minimum atomic E-state index is -0.838. The average Bonchev–Trinajstić information content (AvgIpc) is 2.23. The van der Waals surface area contributed by atoms with Gasteiger partial charge >= 0.3 is 0 Å². The summed E-state index contributed by atoms with van der Waals surface area (Å²) in [5.41, 5.74) is 5.69. The zero-order valence-corrected chi connectivity index (χ0v) is 10.6. The third kappa shape index (κ3) is 10.3. The second-order valence-corrected chi connectivity index (χ2v) is 5.06. The first-order valence-electron chi connectivity index (χ1n) is 5.38. The molecule has 15 heavy (non-hydrogen) atoms. The maximum Gasteiger partial charge on any atom is 0.0581 e. The van der Waals surface area contributed by atoms with Crippen LogP contribution in [0.3, 0.4) is 0 Å². The lowest BCUT2D eigenvalue weighted by atomic mass is 10.3. The van der Waals surface area contributed by atoms with Crippen LogP contribution in [0, 0.1) is 0 Å². The molecule has 0 bridgehead atoms. The molecule has 2 unspecified atom stereocenters. The summed E-state index contributed by atoms with van der Waals surface area (Å²) < 4.78 is 21.6. The van der Waals surface area contributed by atoms with Crippen molar-refractivity contribution in [3.63, 3.8) is 0 Å². The summed E-state index contributed by atoms with van der Waals surface area (Å²) in [7, 11) is 0.829. The summed E-state index contributed by atoms with van der Waals surface area (Å²) >= 11 is 0. The van der Waals surface area contributed by atoms with E-state index < -0.39 is 10.8 Å². The van der Waals surface area contributed by atoms with E-state index in [1.54, 1.807) is 7.11 Å². The molecule has 0 amide bonds. The molecule has 0 saturated carbocycles. The third-order valence-electron chi connectivity index (χ3n) is 2.02. The Hall–Kier alpha value is 0.0300. The van der Waals surface area contributed by atoms with Gasteiger partial charge in [-0.3, -0.25) is 4.21 Å². The van der Waals surface area contributed by atoms with E-state index in [4.69, 9.17) is 15.2 Å². The molecular weight excluding hydrogens is 214 g/mol. The van der Waals surface area contributed by atoms with Gasteiger partial charge < -0.3 is 15.2 Å². The number of nitrogens with two attached hydrogens (primary N) is 1. The molecule has 0 aliphatic carbocycles. The van der Waals surface area contributed by atoms with Crippen LogP contribution in [-0.2, 0) is 20.3 Å². The Morgan fingerprint density at radius 1 is 1.33 bits per heavy atom. The van der Waals surface area contributed by atoms with Gasteiger partial charge in [0.05, 0.1) is 6.61 Å². The first kappa shape index (κ1) is 15.0. The third-order valence-corrected chi connectivity index (χ3v) is 3.44. The fourth-order valence-electron chi connectivity index (χ4n) is 0.999. The lowest BCUT2D eigenvalue weighted by molar-refractivity contribution is 0.112. The predicted molar refractivity (Wildman–Crippen MR) is 63.5 cm³/mol. The first-order valence-corrected chi connectivity index (χ1v) is 6.86. The van der Waals surface area contributed by atoms with E-state index in [2.05, 4.69) is 0 Å². The van der Waals surface area contributed by atoms with E-state index in [-0.39, 0.29) is 6.04 Å². The summed E-state index contributed by atoms with van der Waals surface area (Å²) in [6.07, 6.45) is 1.76. The smallest absolute Gasteiger partial charge is 0.0581 e. The first-order chi connectivity index (χ1) is 7.20. The molecule has 4 nitrogen and oxygen atoms in total. The van der Waals surface area contributed by atoms with Crippen LogP contribution in [-0.4, -0.2) is 48.7 Å². The highest BCUT2D eigenvalue weighted by atomic mass is 32.2. The van der Waals surface area contributed by atoms with Crippen LogP contribution in [0.5, 0.6) is 0 Å². The SMILES string of the molecule is CCC(N)CS(=O)CCOCCCOC. The van der Waals surface area contributed by atoms with Gasteiger partial charge in [0, 0.05) is 48.7 Å². The highest BCUT2D eigenvalue weighted by molar-refractivity contribution is 7.85. The largest absolute Gasteiger partial charge is 0.385 e. The normalized spacial score (nSPS) is 15.1. The molecule has 92 valence electrons. The molecule has 0 fully saturated rings. The summed E-state index contributed by atoms with van der Waals surface area (Å²) in [5.74, 6) is 1.17. The fraction of sp³-hybridized carbons (Fsp3) is 1.00. The van der Waals surface area contributed by atoms with Gasteiger partial charge in [0.25, 0.3) is 0 Å². The Morgan fingerprint density at radius 2 is 2.07 bits per heavy atom. The lowest BCUT2D eigenvalue weighted by Crippen LogP contribution is -2.27.